The molecule has 15 heavy (non-hydrogen) atoms. The topological polar surface area (TPSA) is 55.5 Å². The van der Waals surface area contributed by atoms with Crippen molar-refractivity contribution in [3.63, 3.8) is 0 Å². The van der Waals surface area contributed by atoms with E-state index in [0.29, 0.717) is 0 Å². The van der Waals surface area contributed by atoms with Gasteiger partial charge in [0.1, 0.15) is 17.3 Å². The predicted molar refractivity (Wildman–Crippen MR) is 59.5 cm³/mol. The quantitative estimate of drug-likeness (QED) is 0.873. The molecule has 3 nitrogen and oxygen atoms in total. The van der Waals surface area contributed by atoms with Crippen molar-refractivity contribution in [3.05, 3.63) is 21.9 Å². The molecular formula is C10H13BrFNO2. The summed E-state index contributed by atoms with van der Waals surface area (Å²) in [5.41, 5.74) is 4.87. The standard InChI is InChI=1S/C10H13BrFNO2/c1-10(2,13)7-5(14)4-6(15-3)8(11)9(7)12/h4,14H,13H2,1-3H3. The van der Waals surface area contributed by atoms with Gasteiger partial charge in [-0.15, -0.1) is 0 Å². The van der Waals surface area contributed by atoms with Crippen LogP contribution in [0.4, 0.5) is 4.39 Å². The Morgan fingerprint density at radius 1 is 1.53 bits per heavy atom. The van der Waals surface area contributed by atoms with Crippen molar-refractivity contribution in [2.45, 2.75) is 19.4 Å². The first-order valence-corrected chi connectivity index (χ1v) is 5.12. The van der Waals surface area contributed by atoms with Crippen LogP contribution >= 0.6 is 15.9 Å². The van der Waals surface area contributed by atoms with E-state index in [2.05, 4.69) is 15.9 Å². The number of hydrogen-bond donors (Lipinski definition) is 2. The van der Waals surface area contributed by atoms with Crippen LogP contribution in [0.5, 0.6) is 11.5 Å². The second kappa shape index (κ2) is 3.98. The third-order valence-electron chi connectivity index (χ3n) is 2.02. The molecule has 0 aliphatic rings. The molecule has 1 rings (SSSR count). The number of phenols is 1. The summed E-state index contributed by atoms with van der Waals surface area (Å²) >= 11 is 3.05. The van der Waals surface area contributed by atoms with E-state index in [-0.39, 0.29) is 21.5 Å². The van der Waals surface area contributed by atoms with Crippen molar-refractivity contribution >= 4 is 15.9 Å². The highest BCUT2D eigenvalue weighted by Crippen LogP contribution is 2.39. The normalized spacial score (nSPS) is 11.6. The summed E-state index contributed by atoms with van der Waals surface area (Å²) in [5, 5.41) is 9.64. The number of nitrogens with two attached hydrogens (primary N) is 1. The summed E-state index contributed by atoms with van der Waals surface area (Å²) in [7, 11) is 1.40. The lowest BCUT2D eigenvalue weighted by Gasteiger charge is -2.22. The highest BCUT2D eigenvalue weighted by atomic mass is 79.9. The van der Waals surface area contributed by atoms with Crippen molar-refractivity contribution in [1.29, 1.82) is 0 Å². The van der Waals surface area contributed by atoms with Crippen molar-refractivity contribution in [2.24, 2.45) is 5.73 Å². The van der Waals surface area contributed by atoms with Gasteiger partial charge >= 0.3 is 0 Å². The maximum atomic E-state index is 13.8. The molecule has 0 aliphatic heterocycles. The van der Waals surface area contributed by atoms with E-state index >= 15 is 0 Å². The predicted octanol–water partition coefficient (Wildman–Crippen LogP) is 2.50. The SMILES string of the molecule is COc1cc(O)c(C(C)(C)N)c(F)c1Br. The van der Waals surface area contributed by atoms with Gasteiger partial charge in [0, 0.05) is 11.6 Å². The van der Waals surface area contributed by atoms with Crippen LogP contribution < -0.4 is 10.5 Å². The van der Waals surface area contributed by atoms with E-state index in [4.69, 9.17) is 10.5 Å². The van der Waals surface area contributed by atoms with Gasteiger partial charge in [0.15, 0.2) is 0 Å². The molecule has 1 aromatic rings. The summed E-state index contributed by atoms with van der Waals surface area (Å²) < 4.78 is 18.9. The number of aromatic hydroxyl groups is 1. The number of halogens is 2. The molecule has 0 saturated carbocycles. The molecule has 84 valence electrons. The fourth-order valence-corrected chi connectivity index (χ4v) is 1.83. The van der Waals surface area contributed by atoms with E-state index < -0.39 is 11.4 Å². The molecule has 0 fully saturated rings. The second-order valence-corrected chi connectivity index (χ2v) is 4.62. The lowest BCUT2D eigenvalue weighted by Crippen LogP contribution is -2.30. The summed E-state index contributed by atoms with van der Waals surface area (Å²) in [6.45, 7) is 3.23. The van der Waals surface area contributed by atoms with Crippen LogP contribution in [-0.2, 0) is 5.54 Å². The van der Waals surface area contributed by atoms with Gasteiger partial charge in [-0.25, -0.2) is 4.39 Å². The van der Waals surface area contributed by atoms with E-state index in [1.54, 1.807) is 13.8 Å². The largest absolute Gasteiger partial charge is 0.507 e. The summed E-state index contributed by atoms with van der Waals surface area (Å²) in [5.74, 6) is -0.572. The third-order valence-corrected chi connectivity index (χ3v) is 2.76. The van der Waals surface area contributed by atoms with Crippen LogP contribution in [0.1, 0.15) is 19.4 Å². The van der Waals surface area contributed by atoms with Gasteiger partial charge in [-0.2, -0.15) is 0 Å². The maximum absolute atomic E-state index is 13.8. The van der Waals surface area contributed by atoms with Gasteiger partial charge in [-0.05, 0) is 29.8 Å². The van der Waals surface area contributed by atoms with Gasteiger partial charge in [0.2, 0.25) is 0 Å². The molecule has 0 unspecified atom stereocenters. The molecule has 0 amide bonds. The smallest absolute Gasteiger partial charge is 0.149 e. The number of ether oxygens (including phenoxy) is 1. The molecule has 0 atom stereocenters. The zero-order valence-electron chi connectivity index (χ0n) is 8.77. The highest BCUT2D eigenvalue weighted by Gasteiger charge is 2.26. The Morgan fingerprint density at radius 2 is 2.07 bits per heavy atom. The van der Waals surface area contributed by atoms with Crippen LogP contribution in [0.3, 0.4) is 0 Å². The Hall–Kier alpha value is -0.810. The van der Waals surface area contributed by atoms with Crippen LogP contribution in [0.15, 0.2) is 10.5 Å². The first-order chi connectivity index (χ1) is 6.79. The molecule has 3 N–H and O–H groups in total. The summed E-state index contributed by atoms with van der Waals surface area (Å²) in [6.07, 6.45) is 0. The molecule has 0 saturated heterocycles. The Labute approximate surface area is 96.2 Å². The number of hydrogen-bond acceptors (Lipinski definition) is 3. The lowest BCUT2D eigenvalue weighted by atomic mass is 9.94. The van der Waals surface area contributed by atoms with Gasteiger partial charge in [-0.3, -0.25) is 0 Å². The monoisotopic (exact) mass is 277 g/mol. The first-order valence-electron chi connectivity index (χ1n) is 4.33. The van der Waals surface area contributed by atoms with E-state index in [0.717, 1.165) is 0 Å². The molecule has 0 heterocycles. The number of phenolic OH excluding ortho intramolecular Hbond substituents is 1. The Kier molecular flexibility index (Phi) is 3.25. The third kappa shape index (κ3) is 2.23. The van der Waals surface area contributed by atoms with Crippen molar-refractivity contribution < 1.29 is 14.2 Å². The zero-order chi connectivity index (χ0) is 11.8. The number of rotatable bonds is 2. The van der Waals surface area contributed by atoms with E-state index in [1.165, 1.54) is 13.2 Å². The zero-order valence-corrected chi connectivity index (χ0v) is 10.4. The fraction of sp³-hybridized carbons (Fsp3) is 0.400. The molecule has 0 bridgehead atoms. The lowest BCUT2D eigenvalue weighted by molar-refractivity contribution is 0.385. The Morgan fingerprint density at radius 3 is 2.47 bits per heavy atom. The molecule has 5 heteroatoms. The molecule has 0 radical (unpaired) electrons. The average molecular weight is 278 g/mol. The van der Waals surface area contributed by atoms with Crippen molar-refractivity contribution in [2.75, 3.05) is 7.11 Å². The van der Waals surface area contributed by atoms with Gasteiger partial charge in [0.05, 0.1) is 17.1 Å². The minimum Gasteiger partial charge on any atom is -0.507 e. The molecular weight excluding hydrogens is 265 g/mol. The molecule has 0 aromatic heterocycles. The summed E-state index contributed by atoms with van der Waals surface area (Å²) in [6, 6.07) is 1.33. The minimum atomic E-state index is -0.955. The van der Waals surface area contributed by atoms with Crippen molar-refractivity contribution in [1.82, 2.24) is 0 Å². The molecule has 0 spiro atoms. The van der Waals surface area contributed by atoms with E-state index in [9.17, 15) is 9.50 Å². The van der Waals surface area contributed by atoms with Crippen LogP contribution in [-0.4, -0.2) is 12.2 Å². The van der Waals surface area contributed by atoms with Gasteiger partial charge in [0.25, 0.3) is 0 Å². The number of benzene rings is 1. The summed E-state index contributed by atoms with van der Waals surface area (Å²) in [4.78, 5) is 0. The van der Waals surface area contributed by atoms with E-state index in [1.807, 2.05) is 0 Å². The second-order valence-electron chi connectivity index (χ2n) is 3.82. The highest BCUT2D eigenvalue weighted by molar-refractivity contribution is 9.10. The first kappa shape index (κ1) is 12.3. The van der Waals surface area contributed by atoms with Gasteiger partial charge < -0.3 is 15.6 Å². The number of methoxy groups -OCH3 is 1. The van der Waals surface area contributed by atoms with Crippen molar-refractivity contribution in [3.8, 4) is 11.5 Å². The fourth-order valence-electron chi connectivity index (χ4n) is 1.35. The van der Waals surface area contributed by atoms with Crippen LogP contribution in [0, 0.1) is 5.82 Å². The maximum Gasteiger partial charge on any atom is 0.149 e. The van der Waals surface area contributed by atoms with Gasteiger partial charge in [-0.1, -0.05) is 0 Å². The molecule has 1 aromatic carbocycles. The molecule has 0 aliphatic carbocycles. The average Bonchev–Trinajstić information content (AvgIpc) is 2.09. The minimum absolute atomic E-state index is 0.0650. The Bertz CT molecular complexity index is 388. The Balaban J connectivity index is 3.50. The van der Waals surface area contributed by atoms with Crippen LogP contribution in [0.2, 0.25) is 0 Å². The van der Waals surface area contributed by atoms with Crippen LogP contribution in [0.25, 0.3) is 0 Å².